The quantitative estimate of drug-likeness (QED) is 0.663. The van der Waals surface area contributed by atoms with E-state index in [0.29, 0.717) is 17.3 Å². The summed E-state index contributed by atoms with van der Waals surface area (Å²) in [5.41, 5.74) is 0.716. The van der Waals surface area contributed by atoms with E-state index in [2.05, 4.69) is 4.98 Å². The molecule has 0 saturated carbocycles. The molecular formula is C18H17FN2O3S2. The van der Waals surface area contributed by atoms with Crippen LogP contribution in [-0.4, -0.2) is 32.7 Å². The lowest BCUT2D eigenvalue weighted by Crippen LogP contribution is -2.37. The number of thiazole rings is 1. The van der Waals surface area contributed by atoms with Gasteiger partial charge in [0.15, 0.2) is 0 Å². The standard InChI is InChI=1S/C18H17FN2O3S2/c19-14-7-1-4-10-17(14)26(22,23)21(12-13-6-5-11-24-13)18-20-15-8-2-3-9-16(15)25-18/h1-4,7-10,13H,5-6,11-12H2. The van der Waals surface area contributed by atoms with Crippen molar-refractivity contribution < 1.29 is 17.5 Å². The number of sulfonamides is 1. The summed E-state index contributed by atoms with van der Waals surface area (Å²) in [7, 11) is -4.09. The zero-order valence-corrected chi connectivity index (χ0v) is 15.5. The van der Waals surface area contributed by atoms with Gasteiger partial charge in [0.25, 0.3) is 10.0 Å². The number of anilines is 1. The zero-order chi connectivity index (χ0) is 18.1. The van der Waals surface area contributed by atoms with Crippen LogP contribution in [0.5, 0.6) is 0 Å². The van der Waals surface area contributed by atoms with Gasteiger partial charge in [-0.3, -0.25) is 0 Å². The second-order valence-corrected chi connectivity index (χ2v) is 8.91. The van der Waals surface area contributed by atoms with Crippen molar-refractivity contribution in [1.29, 1.82) is 0 Å². The highest BCUT2D eigenvalue weighted by Gasteiger charge is 2.33. The van der Waals surface area contributed by atoms with E-state index in [-0.39, 0.29) is 17.5 Å². The summed E-state index contributed by atoms with van der Waals surface area (Å²) >= 11 is 1.27. The molecule has 5 nitrogen and oxygen atoms in total. The lowest BCUT2D eigenvalue weighted by molar-refractivity contribution is 0.118. The van der Waals surface area contributed by atoms with E-state index in [1.165, 1.54) is 33.8 Å². The van der Waals surface area contributed by atoms with Gasteiger partial charge in [0.05, 0.1) is 22.9 Å². The predicted molar refractivity (Wildman–Crippen MR) is 99.5 cm³/mol. The van der Waals surface area contributed by atoms with Gasteiger partial charge in [-0.15, -0.1) is 0 Å². The molecule has 1 saturated heterocycles. The van der Waals surface area contributed by atoms with Gasteiger partial charge in [-0.25, -0.2) is 22.1 Å². The molecule has 0 N–H and O–H groups in total. The Balaban J connectivity index is 1.80. The predicted octanol–water partition coefficient (Wildman–Crippen LogP) is 3.81. The lowest BCUT2D eigenvalue weighted by atomic mass is 10.2. The van der Waals surface area contributed by atoms with Crippen LogP contribution in [0.2, 0.25) is 0 Å². The highest BCUT2D eigenvalue weighted by atomic mass is 32.2. The third-order valence-corrected chi connectivity index (χ3v) is 7.26. The molecule has 2 heterocycles. The van der Waals surface area contributed by atoms with Gasteiger partial charge < -0.3 is 4.74 Å². The van der Waals surface area contributed by atoms with Gasteiger partial charge in [0.1, 0.15) is 10.7 Å². The first-order valence-electron chi connectivity index (χ1n) is 8.30. The molecule has 1 unspecified atom stereocenters. The van der Waals surface area contributed by atoms with Crippen LogP contribution >= 0.6 is 11.3 Å². The first kappa shape index (κ1) is 17.4. The van der Waals surface area contributed by atoms with Crippen LogP contribution < -0.4 is 4.31 Å². The van der Waals surface area contributed by atoms with Crippen LogP contribution in [0.1, 0.15) is 12.8 Å². The first-order valence-corrected chi connectivity index (χ1v) is 10.6. The Morgan fingerprint density at radius 3 is 2.69 bits per heavy atom. The second kappa shape index (κ2) is 6.94. The topological polar surface area (TPSA) is 59.5 Å². The van der Waals surface area contributed by atoms with E-state index in [1.807, 2.05) is 24.3 Å². The number of halogens is 1. The van der Waals surface area contributed by atoms with E-state index < -0.39 is 15.8 Å². The number of hydrogen-bond donors (Lipinski definition) is 0. The summed E-state index contributed by atoms with van der Waals surface area (Å²) in [4.78, 5) is 4.11. The first-order chi connectivity index (χ1) is 12.6. The van der Waals surface area contributed by atoms with Crippen LogP contribution in [0.15, 0.2) is 53.4 Å². The van der Waals surface area contributed by atoms with Crippen molar-refractivity contribution in [3.63, 3.8) is 0 Å². The molecule has 26 heavy (non-hydrogen) atoms. The number of fused-ring (bicyclic) bond motifs is 1. The van der Waals surface area contributed by atoms with E-state index in [1.54, 1.807) is 0 Å². The van der Waals surface area contributed by atoms with Crippen molar-refractivity contribution in [1.82, 2.24) is 4.98 Å². The number of rotatable bonds is 5. The summed E-state index contributed by atoms with van der Waals surface area (Å²) in [6, 6.07) is 12.8. The number of para-hydroxylation sites is 1. The van der Waals surface area contributed by atoms with Crippen LogP contribution in [0.25, 0.3) is 10.2 Å². The number of nitrogens with zero attached hydrogens (tertiary/aromatic N) is 2. The van der Waals surface area contributed by atoms with Crippen molar-refractivity contribution in [2.24, 2.45) is 0 Å². The molecule has 1 fully saturated rings. The van der Waals surface area contributed by atoms with Crippen molar-refractivity contribution in [2.75, 3.05) is 17.5 Å². The molecule has 1 atom stereocenters. The second-order valence-electron chi connectivity index (χ2n) is 6.07. The maximum atomic E-state index is 14.2. The fraction of sp³-hybridized carbons (Fsp3) is 0.278. The minimum atomic E-state index is -4.09. The van der Waals surface area contributed by atoms with Crippen molar-refractivity contribution >= 4 is 36.7 Å². The Kier molecular flexibility index (Phi) is 4.64. The molecule has 0 bridgehead atoms. The molecule has 0 radical (unpaired) electrons. The number of aromatic nitrogens is 1. The molecule has 0 aliphatic carbocycles. The van der Waals surface area contributed by atoms with E-state index >= 15 is 0 Å². The molecule has 4 rings (SSSR count). The Morgan fingerprint density at radius 2 is 1.96 bits per heavy atom. The monoisotopic (exact) mass is 392 g/mol. The average molecular weight is 392 g/mol. The number of ether oxygens (including phenoxy) is 1. The molecule has 2 aromatic carbocycles. The maximum Gasteiger partial charge on any atom is 0.269 e. The molecule has 1 aliphatic heterocycles. The Bertz CT molecular complexity index is 997. The molecule has 1 aromatic heterocycles. The third-order valence-electron chi connectivity index (χ3n) is 4.29. The molecule has 3 aromatic rings. The summed E-state index contributed by atoms with van der Waals surface area (Å²) in [5, 5.41) is 0.324. The zero-order valence-electron chi connectivity index (χ0n) is 13.8. The summed E-state index contributed by atoms with van der Waals surface area (Å²) < 4.78 is 48.3. The third kappa shape index (κ3) is 3.20. The van der Waals surface area contributed by atoms with Gasteiger partial charge in [-0.2, -0.15) is 0 Å². The van der Waals surface area contributed by atoms with Crippen LogP contribution in [0.3, 0.4) is 0 Å². The lowest BCUT2D eigenvalue weighted by Gasteiger charge is -2.24. The fourth-order valence-corrected chi connectivity index (χ4v) is 5.69. The molecule has 0 spiro atoms. The van der Waals surface area contributed by atoms with Gasteiger partial charge in [-0.05, 0) is 37.1 Å². The molecule has 0 amide bonds. The number of hydrogen-bond acceptors (Lipinski definition) is 5. The van der Waals surface area contributed by atoms with Crippen molar-refractivity contribution in [3.8, 4) is 0 Å². The minimum absolute atomic E-state index is 0.122. The average Bonchev–Trinajstić information content (AvgIpc) is 3.28. The van der Waals surface area contributed by atoms with Crippen LogP contribution in [-0.2, 0) is 14.8 Å². The normalized spacial score (nSPS) is 17.7. The Morgan fingerprint density at radius 1 is 1.19 bits per heavy atom. The highest BCUT2D eigenvalue weighted by Crippen LogP contribution is 2.33. The highest BCUT2D eigenvalue weighted by molar-refractivity contribution is 7.93. The molecule has 8 heteroatoms. The van der Waals surface area contributed by atoms with E-state index in [0.717, 1.165) is 23.6 Å². The minimum Gasteiger partial charge on any atom is -0.376 e. The van der Waals surface area contributed by atoms with Crippen LogP contribution in [0.4, 0.5) is 9.52 Å². The van der Waals surface area contributed by atoms with E-state index in [9.17, 15) is 12.8 Å². The largest absolute Gasteiger partial charge is 0.376 e. The summed E-state index contributed by atoms with van der Waals surface area (Å²) in [6.45, 7) is 0.731. The van der Waals surface area contributed by atoms with Crippen LogP contribution in [0, 0.1) is 5.82 Å². The van der Waals surface area contributed by atoms with Crippen molar-refractivity contribution in [3.05, 3.63) is 54.3 Å². The SMILES string of the molecule is O=S(=O)(c1ccccc1F)N(CC1CCCO1)c1nc2ccccc2s1. The van der Waals surface area contributed by atoms with E-state index in [4.69, 9.17) is 4.74 Å². The van der Waals surface area contributed by atoms with Gasteiger partial charge in [-0.1, -0.05) is 35.6 Å². The smallest absolute Gasteiger partial charge is 0.269 e. The molecule has 136 valence electrons. The van der Waals surface area contributed by atoms with Crippen molar-refractivity contribution in [2.45, 2.75) is 23.8 Å². The maximum absolute atomic E-state index is 14.2. The molecule has 1 aliphatic rings. The number of benzene rings is 2. The summed E-state index contributed by atoms with van der Waals surface area (Å²) in [6.07, 6.45) is 1.44. The Hall–Kier alpha value is -2.03. The van der Waals surface area contributed by atoms with Gasteiger partial charge >= 0.3 is 0 Å². The Labute approximate surface area is 155 Å². The van der Waals surface area contributed by atoms with Gasteiger partial charge in [0, 0.05) is 6.61 Å². The molecular weight excluding hydrogens is 375 g/mol. The fourth-order valence-electron chi connectivity index (χ4n) is 2.99. The summed E-state index contributed by atoms with van der Waals surface area (Å²) in [5.74, 6) is -0.772. The van der Waals surface area contributed by atoms with Gasteiger partial charge in [0.2, 0.25) is 5.13 Å².